The van der Waals surface area contributed by atoms with Crippen LogP contribution in [0.2, 0.25) is 0 Å². The fraction of sp³-hybridized carbons (Fsp3) is 0.286. The van der Waals surface area contributed by atoms with Gasteiger partial charge in [0, 0.05) is 18.2 Å². The third-order valence-corrected chi connectivity index (χ3v) is 4.21. The summed E-state index contributed by atoms with van der Waals surface area (Å²) in [6, 6.07) is 11.6. The fourth-order valence-electron chi connectivity index (χ4n) is 2.66. The molecule has 0 unspecified atom stereocenters. The lowest BCUT2D eigenvalue weighted by Gasteiger charge is -2.26. The van der Waals surface area contributed by atoms with Gasteiger partial charge in [0.05, 0.1) is 5.56 Å². The van der Waals surface area contributed by atoms with Crippen molar-refractivity contribution in [1.82, 2.24) is 4.90 Å². The molecule has 0 fully saturated rings. The lowest BCUT2D eigenvalue weighted by Crippen LogP contribution is -2.42. The molecular formula is C21H23FN2O4. The summed E-state index contributed by atoms with van der Waals surface area (Å²) in [6.07, 6.45) is 0.649. The average molecular weight is 386 g/mol. The number of carboxylic acids is 1. The Kier molecular flexibility index (Phi) is 7.26. The Morgan fingerprint density at radius 3 is 2.18 bits per heavy atom. The number of hydrogen-bond donors (Lipinski definition) is 2. The smallest absolute Gasteiger partial charge is 0.335 e. The largest absolute Gasteiger partial charge is 0.478 e. The molecule has 2 amide bonds. The number of amides is 2. The summed E-state index contributed by atoms with van der Waals surface area (Å²) in [6.45, 7) is 3.54. The van der Waals surface area contributed by atoms with Gasteiger partial charge < -0.3 is 15.3 Å². The van der Waals surface area contributed by atoms with E-state index in [1.165, 1.54) is 41.3 Å². The van der Waals surface area contributed by atoms with E-state index in [1.54, 1.807) is 12.1 Å². The van der Waals surface area contributed by atoms with Crippen LogP contribution in [0.4, 0.5) is 10.1 Å². The number of anilines is 1. The van der Waals surface area contributed by atoms with Crippen molar-refractivity contribution in [3.8, 4) is 0 Å². The molecule has 6 nitrogen and oxygen atoms in total. The van der Waals surface area contributed by atoms with E-state index in [1.807, 2.05) is 13.8 Å². The van der Waals surface area contributed by atoms with Gasteiger partial charge in [-0.05, 0) is 62.2 Å². The molecule has 7 heteroatoms. The summed E-state index contributed by atoms with van der Waals surface area (Å²) in [4.78, 5) is 37.2. The van der Waals surface area contributed by atoms with Crippen molar-refractivity contribution in [2.24, 2.45) is 0 Å². The van der Waals surface area contributed by atoms with E-state index < -0.39 is 11.8 Å². The van der Waals surface area contributed by atoms with Gasteiger partial charge in [-0.1, -0.05) is 12.1 Å². The second kappa shape index (κ2) is 9.64. The number of hydrogen-bond acceptors (Lipinski definition) is 3. The quantitative estimate of drug-likeness (QED) is 0.729. The van der Waals surface area contributed by atoms with Crippen LogP contribution in [-0.4, -0.2) is 40.4 Å². The predicted octanol–water partition coefficient (Wildman–Crippen LogP) is 3.33. The van der Waals surface area contributed by atoms with Crippen molar-refractivity contribution in [2.45, 2.75) is 32.7 Å². The Morgan fingerprint density at radius 2 is 1.64 bits per heavy atom. The summed E-state index contributed by atoms with van der Waals surface area (Å²) >= 11 is 0. The third-order valence-electron chi connectivity index (χ3n) is 4.21. The van der Waals surface area contributed by atoms with Crippen LogP contribution in [0.5, 0.6) is 0 Å². The maximum absolute atomic E-state index is 12.9. The first-order valence-corrected chi connectivity index (χ1v) is 8.93. The molecule has 0 spiro atoms. The van der Waals surface area contributed by atoms with E-state index in [2.05, 4.69) is 5.32 Å². The summed E-state index contributed by atoms with van der Waals surface area (Å²) in [7, 11) is 0. The zero-order valence-corrected chi connectivity index (χ0v) is 15.8. The van der Waals surface area contributed by atoms with Crippen LogP contribution in [0.15, 0.2) is 48.5 Å². The van der Waals surface area contributed by atoms with E-state index in [4.69, 9.17) is 5.11 Å². The molecule has 0 saturated heterocycles. The highest BCUT2D eigenvalue weighted by atomic mass is 19.1. The molecule has 0 radical (unpaired) electrons. The Morgan fingerprint density at radius 1 is 1.04 bits per heavy atom. The van der Waals surface area contributed by atoms with E-state index >= 15 is 0 Å². The van der Waals surface area contributed by atoms with Crippen molar-refractivity contribution >= 4 is 23.5 Å². The molecular weight excluding hydrogens is 363 g/mol. The second-order valence-corrected chi connectivity index (χ2v) is 6.67. The molecule has 2 aromatic carbocycles. The minimum absolute atomic E-state index is 0.105. The first-order valence-electron chi connectivity index (χ1n) is 8.93. The van der Waals surface area contributed by atoms with Crippen molar-refractivity contribution in [3.05, 3.63) is 65.5 Å². The highest BCUT2D eigenvalue weighted by Crippen LogP contribution is 2.11. The van der Waals surface area contributed by atoms with Crippen LogP contribution in [0, 0.1) is 5.82 Å². The number of carbonyl (C=O) groups is 3. The molecule has 0 aliphatic heterocycles. The van der Waals surface area contributed by atoms with Gasteiger partial charge >= 0.3 is 5.97 Å². The van der Waals surface area contributed by atoms with Gasteiger partial charge in [0.25, 0.3) is 0 Å². The third kappa shape index (κ3) is 6.19. The van der Waals surface area contributed by atoms with Gasteiger partial charge in [0.1, 0.15) is 12.4 Å². The fourth-order valence-corrected chi connectivity index (χ4v) is 2.66. The van der Waals surface area contributed by atoms with Crippen LogP contribution in [0.3, 0.4) is 0 Å². The molecule has 28 heavy (non-hydrogen) atoms. The Bertz CT molecular complexity index is 832. The minimum Gasteiger partial charge on any atom is -0.478 e. The van der Waals surface area contributed by atoms with Gasteiger partial charge in [0.15, 0.2) is 0 Å². The van der Waals surface area contributed by atoms with Gasteiger partial charge in [-0.15, -0.1) is 0 Å². The molecule has 2 rings (SSSR count). The number of carbonyl (C=O) groups excluding carboxylic acids is 2. The number of nitrogens with one attached hydrogen (secondary N) is 1. The van der Waals surface area contributed by atoms with Crippen LogP contribution in [-0.2, 0) is 16.0 Å². The van der Waals surface area contributed by atoms with Gasteiger partial charge in [-0.3, -0.25) is 9.59 Å². The molecule has 0 aliphatic rings. The number of rotatable bonds is 8. The highest BCUT2D eigenvalue weighted by molar-refractivity contribution is 5.94. The molecule has 2 N–H and O–H groups in total. The lowest BCUT2D eigenvalue weighted by atomic mass is 10.1. The van der Waals surface area contributed by atoms with Crippen molar-refractivity contribution in [3.63, 3.8) is 0 Å². The standard InChI is InChI=1S/C21H23FN2O4/c1-14(2)24(13-19(25)23-18-10-8-17(22)9-11-18)20(26)12-5-15-3-6-16(7-4-15)21(27)28/h3-4,6-11,14H,5,12-13H2,1-2H3,(H,23,25)(H,27,28). The number of benzene rings is 2. The number of aromatic carboxylic acids is 1. The second-order valence-electron chi connectivity index (χ2n) is 6.67. The SMILES string of the molecule is CC(C)N(CC(=O)Nc1ccc(F)cc1)C(=O)CCc1ccc(C(=O)O)cc1. The zero-order chi connectivity index (χ0) is 20.7. The van der Waals surface area contributed by atoms with Gasteiger partial charge in [-0.25, -0.2) is 9.18 Å². The van der Waals surface area contributed by atoms with Gasteiger partial charge in [-0.2, -0.15) is 0 Å². The first-order chi connectivity index (χ1) is 13.3. The Labute approximate surface area is 163 Å². The molecule has 0 aliphatic carbocycles. The van der Waals surface area contributed by atoms with E-state index in [-0.39, 0.29) is 36.4 Å². The molecule has 0 aromatic heterocycles. The summed E-state index contributed by atoms with van der Waals surface area (Å²) in [5.74, 6) is -1.93. The maximum Gasteiger partial charge on any atom is 0.335 e. The summed E-state index contributed by atoms with van der Waals surface area (Å²) < 4.78 is 12.9. The molecule has 2 aromatic rings. The minimum atomic E-state index is -0.999. The van der Waals surface area contributed by atoms with Gasteiger partial charge in [0.2, 0.25) is 11.8 Å². The topological polar surface area (TPSA) is 86.7 Å². The molecule has 148 valence electrons. The Balaban J connectivity index is 1.92. The monoisotopic (exact) mass is 386 g/mol. The van der Waals surface area contributed by atoms with Crippen LogP contribution < -0.4 is 5.32 Å². The molecule has 0 heterocycles. The normalized spacial score (nSPS) is 10.6. The number of nitrogens with zero attached hydrogens (tertiary/aromatic N) is 1. The predicted molar refractivity (Wildman–Crippen MR) is 104 cm³/mol. The summed E-state index contributed by atoms with van der Waals surface area (Å²) in [5, 5.41) is 11.6. The number of halogens is 1. The van der Waals surface area contributed by atoms with E-state index in [0.717, 1.165) is 5.56 Å². The summed E-state index contributed by atoms with van der Waals surface area (Å²) in [5.41, 5.74) is 1.50. The van der Waals surface area contributed by atoms with Crippen molar-refractivity contribution < 1.29 is 23.9 Å². The molecule has 0 bridgehead atoms. The zero-order valence-electron chi connectivity index (χ0n) is 15.8. The van der Waals surface area contributed by atoms with Crippen molar-refractivity contribution in [1.29, 1.82) is 0 Å². The number of carboxylic acid groups (broad SMARTS) is 1. The lowest BCUT2D eigenvalue weighted by molar-refractivity contribution is -0.136. The van der Waals surface area contributed by atoms with E-state index in [9.17, 15) is 18.8 Å². The van der Waals surface area contributed by atoms with Crippen LogP contribution in [0.25, 0.3) is 0 Å². The number of aryl methyl sites for hydroxylation is 1. The van der Waals surface area contributed by atoms with Crippen LogP contribution >= 0.6 is 0 Å². The molecule has 0 atom stereocenters. The Hall–Kier alpha value is -3.22. The van der Waals surface area contributed by atoms with E-state index in [0.29, 0.717) is 12.1 Å². The molecule has 0 saturated carbocycles. The highest BCUT2D eigenvalue weighted by Gasteiger charge is 2.20. The maximum atomic E-state index is 12.9. The van der Waals surface area contributed by atoms with Crippen LogP contribution in [0.1, 0.15) is 36.2 Å². The average Bonchev–Trinajstić information content (AvgIpc) is 2.66. The van der Waals surface area contributed by atoms with Crippen molar-refractivity contribution in [2.75, 3.05) is 11.9 Å². The first kappa shape index (κ1) is 21.1.